The predicted molar refractivity (Wildman–Crippen MR) is 79.6 cm³/mol. The topological polar surface area (TPSA) is 58.2 Å². The van der Waals surface area contributed by atoms with Gasteiger partial charge in [0, 0.05) is 6.54 Å². The van der Waals surface area contributed by atoms with Crippen LogP contribution in [0.5, 0.6) is 0 Å². The molecular formula is C14H24N2O2S. The SMILES string of the molecule is CCCNCCCS(=O)(=O)NCc1ccc(C)cc1. The first-order chi connectivity index (χ1) is 9.03. The van der Waals surface area contributed by atoms with Crippen molar-refractivity contribution in [3.8, 4) is 0 Å². The zero-order valence-corrected chi connectivity index (χ0v) is 12.6. The zero-order valence-electron chi connectivity index (χ0n) is 11.8. The minimum Gasteiger partial charge on any atom is -0.317 e. The molecule has 0 aliphatic carbocycles. The quantitative estimate of drug-likeness (QED) is 0.680. The summed E-state index contributed by atoms with van der Waals surface area (Å²) >= 11 is 0. The van der Waals surface area contributed by atoms with Crippen LogP contribution in [-0.2, 0) is 16.6 Å². The molecule has 5 heteroatoms. The second-order valence-corrected chi connectivity index (χ2v) is 6.66. The van der Waals surface area contributed by atoms with E-state index in [-0.39, 0.29) is 5.75 Å². The van der Waals surface area contributed by atoms with Crippen molar-refractivity contribution in [1.82, 2.24) is 10.0 Å². The molecule has 0 heterocycles. The Morgan fingerprint density at radius 2 is 1.79 bits per heavy atom. The fraction of sp³-hybridized carbons (Fsp3) is 0.571. The number of aryl methyl sites for hydroxylation is 1. The Hall–Kier alpha value is -0.910. The molecule has 0 unspecified atom stereocenters. The maximum absolute atomic E-state index is 11.8. The average Bonchev–Trinajstić information content (AvgIpc) is 2.38. The molecule has 0 aliphatic rings. The summed E-state index contributed by atoms with van der Waals surface area (Å²) < 4.78 is 26.2. The van der Waals surface area contributed by atoms with Gasteiger partial charge in [-0.3, -0.25) is 0 Å². The smallest absolute Gasteiger partial charge is 0.211 e. The highest BCUT2D eigenvalue weighted by molar-refractivity contribution is 7.89. The fourth-order valence-electron chi connectivity index (χ4n) is 1.66. The van der Waals surface area contributed by atoms with E-state index in [1.54, 1.807) is 0 Å². The van der Waals surface area contributed by atoms with Crippen LogP contribution in [0.1, 0.15) is 30.9 Å². The first kappa shape index (κ1) is 16.1. The molecule has 0 bridgehead atoms. The Bertz CT molecular complexity index is 455. The van der Waals surface area contributed by atoms with Crippen LogP contribution in [0.3, 0.4) is 0 Å². The van der Waals surface area contributed by atoms with Crippen molar-refractivity contribution in [1.29, 1.82) is 0 Å². The lowest BCUT2D eigenvalue weighted by atomic mass is 10.2. The molecule has 0 fully saturated rings. The summed E-state index contributed by atoms with van der Waals surface area (Å²) in [7, 11) is -3.17. The maximum atomic E-state index is 11.8. The summed E-state index contributed by atoms with van der Waals surface area (Å²) in [6.07, 6.45) is 1.71. The first-order valence-electron chi connectivity index (χ1n) is 6.77. The molecule has 0 aromatic heterocycles. The molecule has 1 aromatic carbocycles. The second kappa shape index (κ2) is 8.30. The van der Waals surface area contributed by atoms with Gasteiger partial charge in [-0.25, -0.2) is 13.1 Å². The molecular weight excluding hydrogens is 260 g/mol. The molecule has 0 aliphatic heterocycles. The van der Waals surface area contributed by atoms with Crippen LogP contribution in [0.4, 0.5) is 0 Å². The zero-order chi connectivity index (χ0) is 14.1. The molecule has 1 rings (SSSR count). The minimum atomic E-state index is -3.17. The van der Waals surface area contributed by atoms with Gasteiger partial charge in [0.2, 0.25) is 10.0 Å². The maximum Gasteiger partial charge on any atom is 0.211 e. The van der Waals surface area contributed by atoms with E-state index in [4.69, 9.17) is 0 Å². The van der Waals surface area contributed by atoms with E-state index in [0.717, 1.165) is 25.1 Å². The largest absolute Gasteiger partial charge is 0.317 e. The van der Waals surface area contributed by atoms with E-state index in [9.17, 15) is 8.42 Å². The van der Waals surface area contributed by atoms with Gasteiger partial charge in [-0.2, -0.15) is 0 Å². The van der Waals surface area contributed by atoms with E-state index in [0.29, 0.717) is 13.0 Å². The third kappa shape index (κ3) is 7.30. The van der Waals surface area contributed by atoms with Crippen molar-refractivity contribution in [2.24, 2.45) is 0 Å². The standard InChI is InChI=1S/C14H24N2O2S/c1-3-9-15-10-4-11-19(17,18)16-12-14-7-5-13(2)6-8-14/h5-8,15-16H,3-4,9-12H2,1-2H3. The van der Waals surface area contributed by atoms with E-state index in [2.05, 4.69) is 17.0 Å². The summed E-state index contributed by atoms with van der Waals surface area (Å²) in [6, 6.07) is 7.86. The summed E-state index contributed by atoms with van der Waals surface area (Å²) in [6.45, 7) is 6.16. The Labute approximate surface area is 116 Å². The Kier molecular flexibility index (Phi) is 7.05. The molecule has 0 spiro atoms. The van der Waals surface area contributed by atoms with Crippen molar-refractivity contribution in [3.05, 3.63) is 35.4 Å². The van der Waals surface area contributed by atoms with Gasteiger partial charge in [-0.1, -0.05) is 36.8 Å². The van der Waals surface area contributed by atoms with Gasteiger partial charge in [-0.05, 0) is 38.4 Å². The van der Waals surface area contributed by atoms with Crippen molar-refractivity contribution in [2.75, 3.05) is 18.8 Å². The van der Waals surface area contributed by atoms with Crippen LogP contribution in [0.15, 0.2) is 24.3 Å². The predicted octanol–water partition coefficient (Wildman–Crippen LogP) is 1.80. The molecule has 0 atom stereocenters. The molecule has 1 aromatic rings. The highest BCUT2D eigenvalue weighted by Crippen LogP contribution is 2.03. The summed E-state index contributed by atoms with van der Waals surface area (Å²) in [4.78, 5) is 0. The van der Waals surface area contributed by atoms with Gasteiger partial charge in [0.15, 0.2) is 0 Å². The number of benzene rings is 1. The Morgan fingerprint density at radius 3 is 2.42 bits per heavy atom. The van der Waals surface area contributed by atoms with Gasteiger partial charge in [0.25, 0.3) is 0 Å². The van der Waals surface area contributed by atoms with Crippen molar-refractivity contribution < 1.29 is 8.42 Å². The normalized spacial score (nSPS) is 11.7. The summed E-state index contributed by atoms with van der Waals surface area (Å²) in [5.74, 6) is 0.176. The summed E-state index contributed by atoms with van der Waals surface area (Å²) in [5, 5.41) is 3.20. The molecule has 0 amide bonds. The van der Waals surface area contributed by atoms with E-state index in [1.807, 2.05) is 31.2 Å². The summed E-state index contributed by atoms with van der Waals surface area (Å²) in [5.41, 5.74) is 2.16. The molecule has 0 radical (unpaired) electrons. The number of hydrogen-bond donors (Lipinski definition) is 2. The van der Waals surface area contributed by atoms with Crippen molar-refractivity contribution in [2.45, 2.75) is 33.2 Å². The molecule has 0 saturated carbocycles. The van der Waals surface area contributed by atoms with Crippen LogP contribution in [0.2, 0.25) is 0 Å². The lowest BCUT2D eigenvalue weighted by molar-refractivity contribution is 0.574. The fourth-order valence-corrected chi connectivity index (χ4v) is 2.72. The number of hydrogen-bond acceptors (Lipinski definition) is 3. The lowest BCUT2D eigenvalue weighted by Gasteiger charge is -2.07. The van der Waals surface area contributed by atoms with Gasteiger partial charge < -0.3 is 5.32 Å². The third-order valence-corrected chi connectivity index (χ3v) is 4.22. The van der Waals surface area contributed by atoms with Gasteiger partial charge in [0.05, 0.1) is 5.75 Å². The second-order valence-electron chi connectivity index (χ2n) is 4.73. The van der Waals surface area contributed by atoms with Crippen LogP contribution in [-0.4, -0.2) is 27.3 Å². The van der Waals surface area contributed by atoms with E-state index < -0.39 is 10.0 Å². The number of rotatable bonds is 9. The van der Waals surface area contributed by atoms with Crippen molar-refractivity contribution >= 4 is 10.0 Å². The molecule has 19 heavy (non-hydrogen) atoms. The van der Waals surface area contributed by atoms with Crippen molar-refractivity contribution in [3.63, 3.8) is 0 Å². The third-order valence-electron chi connectivity index (χ3n) is 2.81. The number of nitrogens with one attached hydrogen (secondary N) is 2. The van der Waals surface area contributed by atoms with Crippen LogP contribution in [0, 0.1) is 6.92 Å². The molecule has 0 saturated heterocycles. The Balaban J connectivity index is 2.28. The van der Waals surface area contributed by atoms with E-state index >= 15 is 0 Å². The highest BCUT2D eigenvalue weighted by atomic mass is 32.2. The Morgan fingerprint density at radius 1 is 1.11 bits per heavy atom. The molecule has 2 N–H and O–H groups in total. The van der Waals surface area contributed by atoms with Crippen LogP contribution >= 0.6 is 0 Å². The highest BCUT2D eigenvalue weighted by Gasteiger charge is 2.09. The average molecular weight is 284 g/mol. The lowest BCUT2D eigenvalue weighted by Crippen LogP contribution is -2.28. The van der Waals surface area contributed by atoms with Gasteiger partial charge in [0.1, 0.15) is 0 Å². The van der Waals surface area contributed by atoms with Crippen LogP contribution in [0.25, 0.3) is 0 Å². The van der Waals surface area contributed by atoms with Gasteiger partial charge >= 0.3 is 0 Å². The first-order valence-corrected chi connectivity index (χ1v) is 8.42. The van der Waals surface area contributed by atoms with Crippen LogP contribution < -0.4 is 10.0 Å². The molecule has 108 valence electrons. The van der Waals surface area contributed by atoms with Gasteiger partial charge in [-0.15, -0.1) is 0 Å². The number of sulfonamides is 1. The van der Waals surface area contributed by atoms with E-state index in [1.165, 1.54) is 5.56 Å². The minimum absolute atomic E-state index is 0.176. The monoisotopic (exact) mass is 284 g/mol. The molecule has 4 nitrogen and oxygen atoms in total.